The van der Waals surface area contributed by atoms with Crippen molar-refractivity contribution in [3.63, 3.8) is 0 Å². The fourth-order valence-corrected chi connectivity index (χ4v) is 4.43. The lowest BCUT2D eigenvalue weighted by Gasteiger charge is -2.38. The van der Waals surface area contributed by atoms with Gasteiger partial charge in [-0.25, -0.2) is 4.79 Å². The van der Waals surface area contributed by atoms with Gasteiger partial charge in [0.2, 0.25) is 6.29 Å². The maximum atomic E-state index is 13.8. The van der Waals surface area contributed by atoms with E-state index in [1.165, 1.54) is 22.8 Å². The Kier molecular flexibility index (Phi) is 7.41. The van der Waals surface area contributed by atoms with Gasteiger partial charge >= 0.3 is 5.97 Å². The molecule has 5 atom stereocenters. The maximum Gasteiger partial charge on any atom is 0.335 e. The van der Waals surface area contributed by atoms with Crippen LogP contribution >= 0.6 is 0 Å². The van der Waals surface area contributed by atoms with Crippen LogP contribution in [0.25, 0.3) is 28.1 Å². The molecule has 202 valence electrons. The molecule has 11 nitrogen and oxygen atoms in total. The van der Waals surface area contributed by atoms with E-state index < -0.39 is 42.2 Å². The molecule has 2 aromatic heterocycles. The third-order valence-corrected chi connectivity index (χ3v) is 6.48. The van der Waals surface area contributed by atoms with Crippen LogP contribution < -0.4 is 10.3 Å². The summed E-state index contributed by atoms with van der Waals surface area (Å²) in [6, 6.07) is 22.1. The van der Waals surface area contributed by atoms with Crippen molar-refractivity contribution in [3.05, 3.63) is 101 Å². The van der Waals surface area contributed by atoms with Crippen molar-refractivity contribution in [1.29, 1.82) is 5.26 Å². The first-order valence-electron chi connectivity index (χ1n) is 12.2. The summed E-state index contributed by atoms with van der Waals surface area (Å²) in [5.74, 6) is -1.54. The van der Waals surface area contributed by atoms with E-state index >= 15 is 0 Å². The standard InChI is InChI=1S/C29H23N3O8/c30-14-16-9-10-19(39-29-25(35)23(33)24(34)26(40-29)28(37)38)13-20(16)21-12-17(22-8-4-5-11-31-22)15-32(27(21)36)18-6-2-1-3-7-18/h1-13,15,23-26,29,33-35H,(H,37,38)/t23-,24-,25+,26-,29+/m0/s1. The molecule has 2 aromatic carbocycles. The number of aliphatic hydroxyl groups excluding tert-OH is 3. The Hall–Kier alpha value is -4.86. The van der Waals surface area contributed by atoms with Crippen LogP contribution in [-0.2, 0) is 9.53 Å². The van der Waals surface area contributed by atoms with Crippen LogP contribution in [0.5, 0.6) is 5.75 Å². The zero-order chi connectivity index (χ0) is 28.4. The summed E-state index contributed by atoms with van der Waals surface area (Å²) in [7, 11) is 0. The molecule has 0 spiro atoms. The molecule has 1 aliphatic heterocycles. The number of hydrogen-bond donors (Lipinski definition) is 4. The van der Waals surface area contributed by atoms with Crippen molar-refractivity contribution in [2.24, 2.45) is 0 Å². The second kappa shape index (κ2) is 11.1. The summed E-state index contributed by atoms with van der Waals surface area (Å²) in [6.07, 6.45) is -5.77. The number of ether oxygens (including phenoxy) is 2. The number of carboxylic acids is 1. The number of nitrogens with zero attached hydrogens (tertiary/aromatic N) is 3. The molecular formula is C29H23N3O8. The number of pyridine rings is 2. The average molecular weight is 542 g/mol. The number of aliphatic hydroxyl groups is 3. The fraction of sp³-hybridized carbons (Fsp3) is 0.172. The quantitative estimate of drug-likeness (QED) is 0.281. The molecule has 1 saturated heterocycles. The number of aromatic nitrogens is 2. The van der Waals surface area contributed by atoms with Crippen molar-refractivity contribution in [2.75, 3.05) is 0 Å². The van der Waals surface area contributed by atoms with Crippen molar-refractivity contribution in [2.45, 2.75) is 30.7 Å². The van der Waals surface area contributed by atoms with Gasteiger partial charge < -0.3 is 29.9 Å². The average Bonchev–Trinajstić information content (AvgIpc) is 2.98. The van der Waals surface area contributed by atoms with Crippen LogP contribution in [0, 0.1) is 11.3 Å². The SMILES string of the molecule is N#Cc1ccc(O[C@@H]2O[C@H](C(=O)O)[C@@H](O)[C@H](O)[C@H]2O)cc1-c1cc(-c2ccccn2)cn(-c2ccccc2)c1=O. The second-order valence-corrected chi connectivity index (χ2v) is 9.04. The number of hydrogen-bond acceptors (Lipinski definition) is 9. The smallest absolute Gasteiger partial charge is 0.335 e. The van der Waals surface area contributed by atoms with Gasteiger partial charge in [0.25, 0.3) is 5.56 Å². The molecule has 4 N–H and O–H groups in total. The largest absolute Gasteiger partial charge is 0.479 e. The lowest BCUT2D eigenvalue weighted by molar-refractivity contribution is -0.271. The minimum atomic E-state index is -1.88. The molecule has 0 aliphatic carbocycles. The summed E-state index contributed by atoms with van der Waals surface area (Å²) < 4.78 is 12.3. The molecule has 11 heteroatoms. The van der Waals surface area contributed by atoms with Gasteiger partial charge in [-0.15, -0.1) is 0 Å². The maximum absolute atomic E-state index is 13.8. The van der Waals surface area contributed by atoms with E-state index in [9.17, 15) is 35.3 Å². The Labute approximate surface area is 227 Å². The summed E-state index contributed by atoms with van der Waals surface area (Å²) >= 11 is 0. The van der Waals surface area contributed by atoms with Crippen LogP contribution in [0.15, 0.2) is 90.0 Å². The lowest BCUT2D eigenvalue weighted by Crippen LogP contribution is -2.61. The Morgan fingerprint density at radius 1 is 0.950 bits per heavy atom. The van der Waals surface area contributed by atoms with Crippen LogP contribution in [-0.4, -0.2) is 66.7 Å². The molecule has 0 bridgehead atoms. The predicted molar refractivity (Wildman–Crippen MR) is 140 cm³/mol. The molecule has 0 saturated carbocycles. The normalized spacial score (nSPS) is 22.3. The molecule has 5 rings (SSSR count). The molecular weight excluding hydrogens is 518 g/mol. The Morgan fingerprint density at radius 2 is 1.70 bits per heavy atom. The van der Waals surface area contributed by atoms with Crippen LogP contribution in [0.3, 0.4) is 0 Å². The molecule has 1 aliphatic rings. The number of benzene rings is 2. The number of aliphatic carboxylic acids is 1. The first-order chi connectivity index (χ1) is 19.3. The zero-order valence-corrected chi connectivity index (χ0v) is 20.7. The van der Waals surface area contributed by atoms with Gasteiger partial charge in [-0.05, 0) is 48.5 Å². The predicted octanol–water partition coefficient (Wildman–Crippen LogP) is 1.71. The topological polar surface area (TPSA) is 175 Å². The van der Waals surface area contributed by atoms with Crippen LogP contribution in [0.2, 0.25) is 0 Å². The lowest BCUT2D eigenvalue weighted by atomic mass is 9.98. The van der Waals surface area contributed by atoms with E-state index in [0.717, 1.165) is 0 Å². The van der Waals surface area contributed by atoms with E-state index in [4.69, 9.17) is 9.47 Å². The minimum Gasteiger partial charge on any atom is -0.479 e. The molecule has 0 radical (unpaired) electrons. The van der Waals surface area contributed by atoms with E-state index in [1.54, 1.807) is 60.9 Å². The summed E-state index contributed by atoms with van der Waals surface area (Å²) in [5.41, 5.74) is 1.84. The first kappa shape index (κ1) is 26.7. The van der Waals surface area contributed by atoms with Crippen molar-refractivity contribution < 1.29 is 34.7 Å². The van der Waals surface area contributed by atoms with E-state index in [-0.39, 0.29) is 22.4 Å². The molecule has 3 heterocycles. The van der Waals surface area contributed by atoms with Crippen LogP contribution in [0.1, 0.15) is 5.56 Å². The van der Waals surface area contributed by atoms with Gasteiger partial charge in [0.15, 0.2) is 6.10 Å². The zero-order valence-electron chi connectivity index (χ0n) is 20.7. The number of para-hydroxylation sites is 1. The number of carbonyl (C=O) groups is 1. The Bertz CT molecular complexity index is 1640. The second-order valence-electron chi connectivity index (χ2n) is 9.04. The molecule has 0 amide bonds. The number of nitriles is 1. The van der Waals surface area contributed by atoms with Crippen molar-refractivity contribution >= 4 is 5.97 Å². The van der Waals surface area contributed by atoms with Crippen molar-refractivity contribution in [1.82, 2.24) is 9.55 Å². The third-order valence-electron chi connectivity index (χ3n) is 6.48. The summed E-state index contributed by atoms with van der Waals surface area (Å²) in [6.45, 7) is 0. The molecule has 40 heavy (non-hydrogen) atoms. The van der Waals surface area contributed by atoms with E-state index in [0.29, 0.717) is 16.9 Å². The first-order valence-corrected chi connectivity index (χ1v) is 12.2. The van der Waals surface area contributed by atoms with E-state index in [1.807, 2.05) is 6.07 Å². The highest BCUT2D eigenvalue weighted by molar-refractivity contribution is 5.76. The van der Waals surface area contributed by atoms with E-state index in [2.05, 4.69) is 11.1 Å². The van der Waals surface area contributed by atoms with Crippen LogP contribution in [0.4, 0.5) is 0 Å². The van der Waals surface area contributed by atoms with Gasteiger partial charge in [-0.1, -0.05) is 24.3 Å². The molecule has 1 fully saturated rings. The monoisotopic (exact) mass is 541 g/mol. The van der Waals surface area contributed by atoms with Gasteiger partial charge in [0.05, 0.1) is 17.3 Å². The highest BCUT2D eigenvalue weighted by Crippen LogP contribution is 2.31. The molecule has 0 unspecified atom stereocenters. The van der Waals surface area contributed by atoms with Gasteiger partial charge in [-0.2, -0.15) is 5.26 Å². The Balaban J connectivity index is 1.62. The Morgan fingerprint density at radius 3 is 2.38 bits per heavy atom. The molecule has 4 aromatic rings. The highest BCUT2D eigenvalue weighted by Gasteiger charge is 2.48. The van der Waals surface area contributed by atoms with Gasteiger partial charge in [0.1, 0.15) is 24.1 Å². The summed E-state index contributed by atoms with van der Waals surface area (Å²) in [4.78, 5) is 29.6. The van der Waals surface area contributed by atoms with Gasteiger partial charge in [-0.3, -0.25) is 14.3 Å². The highest BCUT2D eigenvalue weighted by atomic mass is 16.7. The summed E-state index contributed by atoms with van der Waals surface area (Å²) in [5, 5.41) is 49.6. The minimum absolute atomic E-state index is 0.0136. The number of rotatable bonds is 6. The van der Waals surface area contributed by atoms with Crippen molar-refractivity contribution in [3.8, 4) is 39.9 Å². The number of carboxylic acid groups (broad SMARTS) is 1. The van der Waals surface area contributed by atoms with Gasteiger partial charge in [0, 0.05) is 34.8 Å². The fourth-order valence-electron chi connectivity index (χ4n) is 4.43. The third kappa shape index (κ3) is 5.07.